The van der Waals surface area contributed by atoms with Crippen LogP contribution >= 0.6 is 0 Å². The van der Waals surface area contributed by atoms with E-state index in [1.807, 2.05) is 55.5 Å². The van der Waals surface area contributed by atoms with Crippen molar-refractivity contribution in [2.24, 2.45) is 0 Å². The van der Waals surface area contributed by atoms with E-state index in [0.29, 0.717) is 29.7 Å². The van der Waals surface area contributed by atoms with Crippen LogP contribution in [0.4, 0.5) is 0 Å². The quantitative estimate of drug-likeness (QED) is 0.359. The van der Waals surface area contributed by atoms with Gasteiger partial charge in [0.15, 0.2) is 0 Å². The SMILES string of the molecule is CCCCc1nc(=O)c(Cc2ccccc2O)c(C)n1Cc1ccc(-c2ccccc2C#N)cc1. The van der Waals surface area contributed by atoms with E-state index >= 15 is 0 Å². The second-order valence-corrected chi connectivity index (χ2v) is 8.75. The highest BCUT2D eigenvalue weighted by molar-refractivity contribution is 5.70. The minimum absolute atomic E-state index is 0.182. The maximum atomic E-state index is 13.0. The zero-order chi connectivity index (χ0) is 24.8. The largest absolute Gasteiger partial charge is 0.508 e. The summed E-state index contributed by atoms with van der Waals surface area (Å²) in [5.74, 6) is 0.968. The number of aromatic nitrogens is 2. The summed E-state index contributed by atoms with van der Waals surface area (Å²) in [6.45, 7) is 4.68. The Morgan fingerprint density at radius 1 is 1.00 bits per heavy atom. The van der Waals surface area contributed by atoms with Crippen molar-refractivity contribution >= 4 is 0 Å². The Bertz CT molecular complexity index is 1430. The number of phenols is 1. The molecule has 0 radical (unpaired) electrons. The predicted octanol–water partition coefficient (Wildman–Crippen LogP) is 5.78. The summed E-state index contributed by atoms with van der Waals surface area (Å²) >= 11 is 0. The lowest BCUT2D eigenvalue weighted by molar-refractivity contribution is 0.469. The van der Waals surface area contributed by atoms with Crippen LogP contribution in [0.3, 0.4) is 0 Å². The second-order valence-electron chi connectivity index (χ2n) is 8.75. The molecule has 0 fully saturated rings. The zero-order valence-corrected chi connectivity index (χ0v) is 20.2. The van der Waals surface area contributed by atoms with Gasteiger partial charge in [0, 0.05) is 30.6 Å². The Kier molecular flexibility index (Phi) is 7.42. The van der Waals surface area contributed by atoms with Gasteiger partial charge in [-0.1, -0.05) is 74.0 Å². The third-order valence-electron chi connectivity index (χ3n) is 6.41. The van der Waals surface area contributed by atoms with Crippen molar-refractivity contribution < 1.29 is 5.11 Å². The number of nitrogens with zero attached hydrogens (tertiary/aromatic N) is 3. The number of phenolic OH excluding ortho intramolecular Hbond substituents is 1. The number of unbranched alkanes of at least 4 members (excludes halogenated alkanes) is 1. The number of aromatic hydroxyl groups is 1. The van der Waals surface area contributed by atoms with E-state index in [9.17, 15) is 15.2 Å². The molecule has 0 atom stereocenters. The molecule has 0 spiro atoms. The van der Waals surface area contributed by atoms with E-state index in [2.05, 4.69) is 34.7 Å². The average molecular weight is 464 g/mol. The van der Waals surface area contributed by atoms with Crippen LogP contribution in [0.15, 0.2) is 77.6 Å². The van der Waals surface area contributed by atoms with Crippen molar-refractivity contribution in [1.82, 2.24) is 9.55 Å². The molecule has 3 aromatic carbocycles. The first kappa shape index (κ1) is 24.0. The Labute approximate surface area is 206 Å². The lowest BCUT2D eigenvalue weighted by Crippen LogP contribution is -2.25. The van der Waals surface area contributed by atoms with E-state index in [4.69, 9.17) is 0 Å². The molecular formula is C30H29N3O2. The smallest absolute Gasteiger partial charge is 0.276 e. The summed E-state index contributed by atoms with van der Waals surface area (Å²) in [6.07, 6.45) is 3.04. The lowest BCUT2D eigenvalue weighted by atomic mass is 9.99. The summed E-state index contributed by atoms with van der Waals surface area (Å²) in [4.78, 5) is 17.4. The molecule has 0 amide bonds. The van der Waals surface area contributed by atoms with Gasteiger partial charge in [0.25, 0.3) is 5.56 Å². The molecule has 1 heterocycles. The summed E-state index contributed by atoms with van der Waals surface area (Å²) in [6, 6.07) is 25.1. The number of para-hydroxylation sites is 1. The standard InChI is InChI=1S/C30H29N3O2/c1-3-4-13-29-32-30(35)27(18-24-9-6-8-12-28(24)34)21(2)33(29)20-22-14-16-23(17-15-22)26-11-7-5-10-25(26)19-31/h5-12,14-17,34H,3-4,13,18,20H2,1-2H3. The third-order valence-corrected chi connectivity index (χ3v) is 6.41. The summed E-state index contributed by atoms with van der Waals surface area (Å²) < 4.78 is 2.13. The molecule has 5 nitrogen and oxygen atoms in total. The fourth-order valence-corrected chi connectivity index (χ4v) is 4.35. The molecule has 0 unspecified atom stereocenters. The Morgan fingerprint density at radius 3 is 2.43 bits per heavy atom. The highest BCUT2D eigenvalue weighted by Gasteiger charge is 2.16. The summed E-state index contributed by atoms with van der Waals surface area (Å²) in [7, 11) is 0. The lowest BCUT2D eigenvalue weighted by Gasteiger charge is -2.19. The van der Waals surface area contributed by atoms with Gasteiger partial charge < -0.3 is 9.67 Å². The molecular weight excluding hydrogens is 434 g/mol. The molecule has 176 valence electrons. The van der Waals surface area contributed by atoms with Gasteiger partial charge in [-0.3, -0.25) is 4.79 Å². The number of nitriles is 1. The van der Waals surface area contributed by atoms with E-state index in [1.54, 1.807) is 12.1 Å². The van der Waals surface area contributed by atoms with Crippen LogP contribution < -0.4 is 5.56 Å². The number of hydrogen-bond acceptors (Lipinski definition) is 4. The van der Waals surface area contributed by atoms with Crippen LogP contribution in [0, 0.1) is 18.3 Å². The van der Waals surface area contributed by atoms with Gasteiger partial charge in [0.2, 0.25) is 0 Å². The Balaban J connectivity index is 1.70. The zero-order valence-electron chi connectivity index (χ0n) is 20.2. The minimum Gasteiger partial charge on any atom is -0.508 e. The van der Waals surface area contributed by atoms with E-state index in [-0.39, 0.29) is 11.3 Å². The van der Waals surface area contributed by atoms with Crippen molar-refractivity contribution in [3.63, 3.8) is 0 Å². The summed E-state index contributed by atoms with van der Waals surface area (Å²) in [5.41, 5.74) is 5.60. The fourth-order valence-electron chi connectivity index (χ4n) is 4.35. The average Bonchev–Trinajstić information content (AvgIpc) is 2.88. The van der Waals surface area contributed by atoms with Gasteiger partial charge >= 0.3 is 0 Å². The van der Waals surface area contributed by atoms with E-state index in [1.165, 1.54) is 0 Å². The topological polar surface area (TPSA) is 78.9 Å². The number of rotatable bonds is 8. The van der Waals surface area contributed by atoms with E-state index in [0.717, 1.165) is 47.5 Å². The first-order valence-corrected chi connectivity index (χ1v) is 12.0. The van der Waals surface area contributed by atoms with Crippen LogP contribution in [0.2, 0.25) is 0 Å². The first-order chi connectivity index (χ1) is 17.0. The molecule has 35 heavy (non-hydrogen) atoms. The molecule has 0 saturated carbocycles. The van der Waals surface area contributed by atoms with Gasteiger partial charge in [0.05, 0.1) is 11.6 Å². The first-order valence-electron chi connectivity index (χ1n) is 12.0. The molecule has 4 rings (SSSR count). The van der Waals surface area contributed by atoms with Crippen LogP contribution in [0.5, 0.6) is 5.75 Å². The van der Waals surface area contributed by atoms with Crippen molar-refractivity contribution in [3.8, 4) is 22.9 Å². The monoisotopic (exact) mass is 463 g/mol. The molecule has 0 bridgehead atoms. The highest BCUT2D eigenvalue weighted by atomic mass is 16.3. The van der Waals surface area contributed by atoms with Gasteiger partial charge in [-0.2, -0.15) is 10.2 Å². The van der Waals surface area contributed by atoms with Gasteiger partial charge in [-0.15, -0.1) is 0 Å². The van der Waals surface area contributed by atoms with Crippen molar-refractivity contribution in [3.05, 3.63) is 117 Å². The molecule has 0 aliphatic heterocycles. The maximum absolute atomic E-state index is 13.0. The normalized spacial score (nSPS) is 10.8. The van der Waals surface area contributed by atoms with Crippen molar-refractivity contribution in [2.75, 3.05) is 0 Å². The van der Waals surface area contributed by atoms with E-state index < -0.39 is 0 Å². The molecule has 1 aromatic heterocycles. The predicted molar refractivity (Wildman–Crippen MR) is 138 cm³/mol. The Morgan fingerprint density at radius 2 is 1.71 bits per heavy atom. The van der Waals surface area contributed by atoms with Crippen LogP contribution in [0.25, 0.3) is 11.1 Å². The highest BCUT2D eigenvalue weighted by Crippen LogP contribution is 2.25. The van der Waals surface area contributed by atoms with Crippen LogP contribution in [-0.4, -0.2) is 14.7 Å². The van der Waals surface area contributed by atoms with Crippen molar-refractivity contribution in [1.29, 1.82) is 5.26 Å². The minimum atomic E-state index is -0.225. The van der Waals surface area contributed by atoms with Gasteiger partial charge in [0.1, 0.15) is 11.6 Å². The maximum Gasteiger partial charge on any atom is 0.276 e. The second kappa shape index (κ2) is 10.8. The number of aryl methyl sites for hydroxylation is 1. The molecule has 0 aliphatic rings. The van der Waals surface area contributed by atoms with Crippen molar-refractivity contribution in [2.45, 2.75) is 46.1 Å². The van der Waals surface area contributed by atoms with Gasteiger partial charge in [-0.05, 0) is 47.7 Å². The number of hydrogen-bond donors (Lipinski definition) is 1. The molecule has 1 N–H and O–H groups in total. The Hall–Kier alpha value is -4.17. The van der Waals surface area contributed by atoms with Crippen LogP contribution in [-0.2, 0) is 19.4 Å². The summed E-state index contributed by atoms with van der Waals surface area (Å²) in [5, 5.41) is 19.7. The molecule has 5 heteroatoms. The molecule has 0 saturated heterocycles. The molecule has 4 aromatic rings. The van der Waals surface area contributed by atoms with Crippen LogP contribution in [0.1, 0.15) is 53.5 Å². The fraction of sp³-hybridized carbons (Fsp3) is 0.233. The molecule has 0 aliphatic carbocycles. The third kappa shape index (κ3) is 5.33. The van der Waals surface area contributed by atoms with Gasteiger partial charge in [-0.25, -0.2) is 0 Å². The number of benzene rings is 3.